The van der Waals surface area contributed by atoms with E-state index in [0.717, 1.165) is 11.1 Å². The molecule has 3 aromatic rings. The number of hydrogen-bond donors (Lipinski definition) is 2. The molecule has 252 valence electrons. The lowest BCUT2D eigenvalue weighted by atomic mass is 9.98. The summed E-state index contributed by atoms with van der Waals surface area (Å²) in [6.07, 6.45) is 7.72. The van der Waals surface area contributed by atoms with E-state index in [-0.39, 0.29) is 56.7 Å². The fourth-order valence-corrected chi connectivity index (χ4v) is 6.26. The molecule has 3 heterocycles. The number of carbonyl (C=O) groups excluding carboxylic acids is 3. The van der Waals surface area contributed by atoms with Crippen LogP contribution in [0.4, 0.5) is 4.79 Å². The number of amides is 4. The number of hydrazine groups is 1. The molecule has 5 rings (SSSR count). The van der Waals surface area contributed by atoms with Gasteiger partial charge in [0.1, 0.15) is 18.0 Å². The van der Waals surface area contributed by atoms with Crippen molar-refractivity contribution in [1.82, 2.24) is 34.7 Å². The number of imidazole rings is 1. The molecule has 0 bridgehead atoms. The Balaban J connectivity index is 1.51. The number of aromatic nitrogens is 2. The summed E-state index contributed by atoms with van der Waals surface area (Å²) < 4.78 is 29.3. The average Bonchev–Trinajstić information content (AvgIpc) is 3.48. The van der Waals surface area contributed by atoms with Gasteiger partial charge in [0.05, 0.1) is 25.1 Å². The van der Waals surface area contributed by atoms with Gasteiger partial charge in [-0.2, -0.15) is 13.6 Å². The van der Waals surface area contributed by atoms with Gasteiger partial charge in [-0.3, -0.25) is 9.59 Å². The van der Waals surface area contributed by atoms with Gasteiger partial charge in [0.25, 0.3) is 0 Å². The van der Waals surface area contributed by atoms with Crippen molar-refractivity contribution in [2.75, 3.05) is 26.2 Å². The molecule has 3 N–H and O–H groups in total. The molecule has 0 unspecified atom stereocenters. The van der Waals surface area contributed by atoms with E-state index >= 15 is 0 Å². The van der Waals surface area contributed by atoms with E-state index in [9.17, 15) is 22.8 Å². The first-order chi connectivity index (χ1) is 23.0. The molecule has 48 heavy (non-hydrogen) atoms. The Kier molecular flexibility index (Phi) is 10.4. The fourth-order valence-electron chi connectivity index (χ4n) is 5.88. The molecule has 2 saturated heterocycles. The van der Waals surface area contributed by atoms with Crippen LogP contribution in [0.25, 0.3) is 5.57 Å². The van der Waals surface area contributed by atoms with Crippen LogP contribution in [-0.4, -0.2) is 94.0 Å². The quantitative estimate of drug-likeness (QED) is 0.217. The minimum absolute atomic E-state index is 0.000618. The van der Waals surface area contributed by atoms with E-state index in [1.165, 1.54) is 22.0 Å². The third-order valence-electron chi connectivity index (χ3n) is 7.94. The molecule has 2 aliphatic rings. The zero-order chi connectivity index (χ0) is 34.4. The van der Waals surface area contributed by atoms with Crippen molar-refractivity contribution in [2.24, 2.45) is 12.2 Å². The van der Waals surface area contributed by atoms with E-state index in [0.29, 0.717) is 11.3 Å². The maximum atomic E-state index is 14.3. The highest BCUT2D eigenvalue weighted by atomic mass is 32.2. The maximum absolute atomic E-state index is 14.3. The summed E-state index contributed by atoms with van der Waals surface area (Å²) >= 11 is 0. The number of nitrogens with zero attached hydrogens (tertiary/aromatic N) is 6. The summed E-state index contributed by atoms with van der Waals surface area (Å²) in [6, 6.07) is 14.0. The number of carbonyl (C=O) groups is 3. The van der Waals surface area contributed by atoms with Crippen molar-refractivity contribution >= 4 is 33.7 Å². The average molecular weight is 675 g/mol. The predicted octanol–water partition coefficient (Wildman–Crippen LogP) is 1.81. The molecule has 0 aliphatic carbocycles. The smallest absolute Gasteiger partial charge is 0.371 e. The van der Waals surface area contributed by atoms with Crippen molar-refractivity contribution in [2.45, 2.75) is 25.2 Å². The third kappa shape index (κ3) is 7.99. The number of aryl methyl sites for hydroxylation is 1. The number of urea groups is 1. The Bertz CT molecular complexity index is 1810. The summed E-state index contributed by atoms with van der Waals surface area (Å²) in [7, 11) is -2.39. The first-order valence-corrected chi connectivity index (χ1v) is 16.6. The lowest BCUT2D eigenvalue weighted by molar-refractivity contribution is -0.188. The molecule has 2 fully saturated rings. The molecule has 2 atom stereocenters. The van der Waals surface area contributed by atoms with Crippen LogP contribution in [-0.2, 0) is 39.9 Å². The summed E-state index contributed by atoms with van der Waals surface area (Å²) in [6.45, 7) is 8.13. The summed E-state index contributed by atoms with van der Waals surface area (Å²) in [5.74, 6) is -0.648. The van der Waals surface area contributed by atoms with Crippen molar-refractivity contribution < 1.29 is 27.0 Å². The molecule has 4 amide bonds. The van der Waals surface area contributed by atoms with Crippen LogP contribution < -0.4 is 14.6 Å². The monoisotopic (exact) mass is 674 g/mol. The molecular formula is C33H38N8O6S. The highest BCUT2D eigenvalue weighted by Gasteiger charge is 2.51. The van der Waals surface area contributed by atoms with Crippen LogP contribution in [0.3, 0.4) is 0 Å². The minimum Gasteiger partial charge on any atom is -0.371 e. The number of nitrogens with two attached hydrogens (primary N) is 1. The second kappa shape index (κ2) is 14.7. The Hall–Kier alpha value is -5.25. The van der Waals surface area contributed by atoms with E-state index in [1.54, 1.807) is 51.2 Å². The lowest BCUT2D eigenvalue weighted by Gasteiger charge is -2.55. The minimum atomic E-state index is -4.23. The van der Waals surface area contributed by atoms with Gasteiger partial charge in [-0.15, -0.1) is 6.58 Å². The van der Waals surface area contributed by atoms with Gasteiger partial charge in [-0.05, 0) is 28.8 Å². The molecule has 15 heteroatoms. The van der Waals surface area contributed by atoms with Gasteiger partial charge in [0, 0.05) is 39.3 Å². The second-order valence-corrected chi connectivity index (χ2v) is 12.6. The van der Waals surface area contributed by atoms with Crippen LogP contribution in [0, 0.1) is 0 Å². The SMILES string of the molecule is C=C/C=C(/CN1C[C@H]2N(C(=O)CN(CC=C)N2C(=O)NCc2ccccc2)[C@@H](Cc2ccc(OS(N)(=O)=O)cc2)C1=O)c1cn(C)cn1. The molecular weight excluding hydrogens is 636 g/mol. The Labute approximate surface area is 279 Å². The number of rotatable bonds is 12. The molecule has 2 aliphatic heterocycles. The zero-order valence-corrected chi connectivity index (χ0v) is 27.3. The van der Waals surface area contributed by atoms with E-state index < -0.39 is 28.5 Å². The van der Waals surface area contributed by atoms with Crippen LogP contribution in [0.1, 0.15) is 16.8 Å². The van der Waals surface area contributed by atoms with Crippen molar-refractivity contribution in [3.05, 3.63) is 115 Å². The third-order valence-corrected chi connectivity index (χ3v) is 8.37. The molecule has 2 aromatic carbocycles. The van der Waals surface area contributed by atoms with Crippen molar-refractivity contribution in [3.8, 4) is 5.75 Å². The van der Waals surface area contributed by atoms with Gasteiger partial charge in [-0.25, -0.2) is 19.8 Å². The second-order valence-electron chi connectivity index (χ2n) is 11.4. The number of piperazine rings is 1. The summed E-state index contributed by atoms with van der Waals surface area (Å²) in [5, 5.41) is 11.1. The number of benzene rings is 2. The van der Waals surface area contributed by atoms with Gasteiger partial charge in [-0.1, -0.05) is 67.3 Å². The number of nitrogens with one attached hydrogen (secondary N) is 1. The first kappa shape index (κ1) is 34.1. The normalized spacial score (nSPS) is 18.8. The van der Waals surface area contributed by atoms with Crippen molar-refractivity contribution in [3.63, 3.8) is 0 Å². The lowest BCUT2D eigenvalue weighted by Crippen LogP contribution is -2.76. The van der Waals surface area contributed by atoms with Crippen LogP contribution >= 0.6 is 0 Å². The molecule has 1 aromatic heterocycles. The molecule has 0 saturated carbocycles. The van der Waals surface area contributed by atoms with Crippen molar-refractivity contribution in [1.29, 1.82) is 0 Å². The summed E-state index contributed by atoms with van der Waals surface area (Å²) in [5.41, 5.74) is 2.90. The first-order valence-electron chi connectivity index (χ1n) is 15.1. The van der Waals surface area contributed by atoms with E-state index in [1.807, 2.05) is 43.6 Å². The molecule has 0 radical (unpaired) electrons. The van der Waals surface area contributed by atoms with E-state index in [2.05, 4.69) is 23.5 Å². The van der Waals surface area contributed by atoms with Crippen LogP contribution in [0.5, 0.6) is 5.75 Å². The standard InChI is InChI=1S/C33H38N8O6S/c1-4-9-26(28-20-37(3)23-36-28)19-38-21-30-40(29(32(38)43)17-24-12-14-27(15-13-24)47-48(34,45)46)31(42)22-39(16-5-2)41(30)33(44)35-18-25-10-7-6-8-11-25/h4-15,20,23,29-30H,1-2,16-19,21-22H2,3H3,(H,35,44)(H2,34,45,46)/b26-9-/t29-,30-/m0/s1. The topological polar surface area (TPSA) is 163 Å². The summed E-state index contributed by atoms with van der Waals surface area (Å²) in [4.78, 5) is 49.7. The van der Waals surface area contributed by atoms with Gasteiger partial charge >= 0.3 is 16.3 Å². The van der Waals surface area contributed by atoms with Gasteiger partial charge < -0.3 is 23.9 Å². The Morgan fingerprint density at radius 2 is 1.83 bits per heavy atom. The number of hydrogen-bond acceptors (Lipinski definition) is 8. The number of allylic oxidation sites excluding steroid dienone is 2. The highest BCUT2D eigenvalue weighted by Crippen LogP contribution is 2.30. The molecule has 14 nitrogen and oxygen atoms in total. The van der Waals surface area contributed by atoms with Crippen LogP contribution in [0.15, 0.2) is 98.5 Å². The Morgan fingerprint density at radius 3 is 2.46 bits per heavy atom. The van der Waals surface area contributed by atoms with E-state index in [4.69, 9.17) is 9.32 Å². The predicted molar refractivity (Wildman–Crippen MR) is 179 cm³/mol. The highest BCUT2D eigenvalue weighted by molar-refractivity contribution is 7.84. The number of fused-ring (bicyclic) bond motifs is 1. The van der Waals surface area contributed by atoms with Gasteiger partial charge in [0.15, 0.2) is 0 Å². The Morgan fingerprint density at radius 1 is 1.10 bits per heavy atom. The van der Waals surface area contributed by atoms with Crippen LogP contribution in [0.2, 0.25) is 0 Å². The van der Waals surface area contributed by atoms with Gasteiger partial charge in [0.2, 0.25) is 11.8 Å². The largest absolute Gasteiger partial charge is 0.380 e. The maximum Gasteiger partial charge on any atom is 0.380 e. The molecule has 0 spiro atoms. The zero-order valence-electron chi connectivity index (χ0n) is 26.5. The fraction of sp³-hybridized carbons (Fsp3) is 0.273.